The van der Waals surface area contributed by atoms with Gasteiger partial charge in [0.15, 0.2) is 5.69 Å². The number of halogens is 4. The molecular weight excluding hydrogens is 257 g/mol. The summed E-state index contributed by atoms with van der Waals surface area (Å²) in [4.78, 5) is 12.7. The molecule has 1 rings (SSSR count). The van der Waals surface area contributed by atoms with Crippen molar-refractivity contribution < 1.29 is 23.1 Å². The van der Waals surface area contributed by atoms with Gasteiger partial charge in [0.05, 0.1) is 0 Å². The number of carboxylic acid groups (broad SMARTS) is 1. The van der Waals surface area contributed by atoms with Gasteiger partial charge in [-0.15, -0.1) is 23.7 Å². The molecule has 4 nitrogen and oxygen atoms in total. The van der Waals surface area contributed by atoms with Gasteiger partial charge in [-0.1, -0.05) is 0 Å². The Morgan fingerprint density at radius 3 is 2.33 bits per heavy atom. The Bertz CT molecular complexity index is 366. The highest BCUT2D eigenvalue weighted by Gasteiger charge is 2.39. The topological polar surface area (TPSA) is 76.2 Å². The van der Waals surface area contributed by atoms with E-state index < -0.39 is 22.7 Å². The Hall–Kier alpha value is -0.860. The number of carbonyl (C=O) groups is 1. The van der Waals surface area contributed by atoms with Crippen molar-refractivity contribution in [3.05, 3.63) is 15.6 Å². The zero-order valence-corrected chi connectivity index (χ0v) is 8.67. The number of rotatable bonds is 2. The van der Waals surface area contributed by atoms with Crippen LogP contribution in [0.15, 0.2) is 0 Å². The molecule has 0 fully saturated rings. The molecule has 3 N–H and O–H groups in total. The molecule has 0 saturated heterocycles. The van der Waals surface area contributed by atoms with Crippen molar-refractivity contribution >= 4 is 29.7 Å². The summed E-state index contributed by atoms with van der Waals surface area (Å²) in [6.07, 6.45) is -4.75. The predicted molar refractivity (Wildman–Crippen MR) is 49.2 cm³/mol. The van der Waals surface area contributed by atoms with Crippen molar-refractivity contribution in [2.24, 2.45) is 5.73 Å². The van der Waals surface area contributed by atoms with Crippen LogP contribution in [0, 0.1) is 0 Å². The van der Waals surface area contributed by atoms with Gasteiger partial charge in [-0.2, -0.15) is 13.2 Å². The van der Waals surface area contributed by atoms with Crippen LogP contribution in [0.5, 0.6) is 0 Å². The minimum absolute atomic E-state index is 0. The minimum atomic E-state index is -4.75. The monoisotopic (exact) mass is 262 g/mol. The number of alkyl halides is 3. The lowest BCUT2D eigenvalue weighted by Gasteiger charge is -2.02. The lowest BCUT2D eigenvalue weighted by molar-refractivity contribution is -0.141. The average Bonchev–Trinajstić information content (AvgIpc) is 2.46. The molecule has 0 aliphatic heterocycles. The van der Waals surface area contributed by atoms with E-state index in [1.54, 1.807) is 0 Å². The molecule has 0 saturated carbocycles. The van der Waals surface area contributed by atoms with E-state index in [2.05, 4.69) is 4.98 Å². The Kier molecular flexibility index (Phi) is 4.50. The van der Waals surface area contributed by atoms with Crippen LogP contribution in [0.1, 0.15) is 20.4 Å². The number of nitrogens with two attached hydrogens (primary N) is 1. The Labute approximate surface area is 92.3 Å². The fourth-order valence-corrected chi connectivity index (χ4v) is 1.59. The lowest BCUT2D eigenvalue weighted by Crippen LogP contribution is -2.11. The van der Waals surface area contributed by atoms with E-state index in [-0.39, 0.29) is 24.0 Å². The van der Waals surface area contributed by atoms with Crippen molar-refractivity contribution in [3.63, 3.8) is 0 Å². The fourth-order valence-electron chi connectivity index (χ4n) is 0.789. The molecule has 86 valence electrons. The van der Waals surface area contributed by atoms with Crippen LogP contribution in [0.4, 0.5) is 13.2 Å². The van der Waals surface area contributed by atoms with Crippen LogP contribution in [-0.2, 0) is 12.7 Å². The molecule has 15 heavy (non-hydrogen) atoms. The molecule has 0 aromatic carbocycles. The van der Waals surface area contributed by atoms with Gasteiger partial charge in [-0.25, -0.2) is 9.78 Å². The summed E-state index contributed by atoms with van der Waals surface area (Å²) < 4.78 is 36.6. The molecule has 0 aliphatic carbocycles. The van der Waals surface area contributed by atoms with Crippen molar-refractivity contribution in [2.45, 2.75) is 12.7 Å². The molecule has 0 amide bonds. The third-order valence-electron chi connectivity index (χ3n) is 1.31. The predicted octanol–water partition coefficient (Wildman–Crippen LogP) is 1.74. The van der Waals surface area contributed by atoms with E-state index in [9.17, 15) is 18.0 Å². The Morgan fingerprint density at radius 1 is 1.53 bits per heavy atom. The summed E-state index contributed by atoms with van der Waals surface area (Å²) >= 11 is 0.439. The van der Waals surface area contributed by atoms with Crippen molar-refractivity contribution in [3.8, 4) is 0 Å². The second kappa shape index (κ2) is 4.77. The van der Waals surface area contributed by atoms with Gasteiger partial charge in [0.25, 0.3) is 0 Å². The molecule has 0 spiro atoms. The number of thiazole rings is 1. The maximum Gasteiger partial charge on any atom is 0.435 e. The highest BCUT2D eigenvalue weighted by atomic mass is 35.5. The summed E-state index contributed by atoms with van der Waals surface area (Å²) in [7, 11) is 0. The van der Waals surface area contributed by atoms with Crippen LogP contribution in [0.2, 0.25) is 0 Å². The molecule has 0 aliphatic rings. The molecule has 0 radical (unpaired) electrons. The number of carboxylic acids is 1. The van der Waals surface area contributed by atoms with Gasteiger partial charge in [-0.3, -0.25) is 0 Å². The maximum atomic E-state index is 12.2. The van der Waals surface area contributed by atoms with E-state index in [1.165, 1.54) is 0 Å². The SMILES string of the molecule is Cl.NCc1nc(C(F)(F)F)c(C(=O)O)s1. The summed E-state index contributed by atoms with van der Waals surface area (Å²) in [6, 6.07) is 0. The van der Waals surface area contributed by atoms with Crippen LogP contribution >= 0.6 is 23.7 Å². The third kappa shape index (κ3) is 3.05. The first-order chi connectivity index (χ1) is 6.36. The summed E-state index contributed by atoms with van der Waals surface area (Å²) in [5, 5.41) is 8.42. The highest BCUT2D eigenvalue weighted by molar-refractivity contribution is 7.13. The quantitative estimate of drug-likeness (QED) is 0.851. The van der Waals surface area contributed by atoms with Crippen LogP contribution in [0.3, 0.4) is 0 Å². The van der Waals surface area contributed by atoms with E-state index >= 15 is 0 Å². The smallest absolute Gasteiger partial charge is 0.435 e. The first kappa shape index (κ1) is 14.1. The summed E-state index contributed by atoms with van der Waals surface area (Å²) in [5.41, 5.74) is 3.68. The average molecular weight is 263 g/mol. The van der Waals surface area contributed by atoms with Crippen LogP contribution < -0.4 is 5.73 Å². The number of aromatic carboxylic acids is 1. The molecule has 0 atom stereocenters. The molecule has 0 unspecified atom stereocenters. The Morgan fingerprint density at radius 2 is 2.07 bits per heavy atom. The van der Waals surface area contributed by atoms with Crippen molar-refractivity contribution in [1.82, 2.24) is 4.98 Å². The fraction of sp³-hybridized carbons (Fsp3) is 0.333. The largest absolute Gasteiger partial charge is 0.477 e. The first-order valence-corrected chi connectivity index (χ1v) is 4.18. The minimum Gasteiger partial charge on any atom is -0.477 e. The maximum absolute atomic E-state index is 12.2. The number of hydrogen-bond acceptors (Lipinski definition) is 4. The molecule has 0 bridgehead atoms. The van der Waals surface area contributed by atoms with Gasteiger partial charge < -0.3 is 10.8 Å². The standard InChI is InChI=1S/C6H5F3N2O2S.ClH/c7-6(8,9)4-3(5(12)13)14-2(1-10)11-4;/h1,10H2,(H,12,13);1H. The molecule has 1 heterocycles. The van der Waals surface area contributed by atoms with E-state index in [0.717, 1.165) is 0 Å². The van der Waals surface area contributed by atoms with Crippen molar-refractivity contribution in [1.29, 1.82) is 0 Å². The van der Waals surface area contributed by atoms with Crippen LogP contribution in [-0.4, -0.2) is 16.1 Å². The second-order valence-corrected chi connectivity index (χ2v) is 3.38. The van der Waals surface area contributed by atoms with Crippen molar-refractivity contribution in [2.75, 3.05) is 0 Å². The van der Waals surface area contributed by atoms with E-state index in [4.69, 9.17) is 10.8 Å². The molecule has 1 aromatic heterocycles. The van der Waals surface area contributed by atoms with E-state index in [1.807, 2.05) is 0 Å². The second-order valence-electron chi connectivity index (χ2n) is 2.29. The normalized spacial score (nSPS) is 10.9. The molecular formula is C6H6ClF3N2O2S. The summed E-state index contributed by atoms with van der Waals surface area (Å²) in [6.45, 7) is -0.207. The number of aromatic nitrogens is 1. The van der Waals surface area contributed by atoms with Gasteiger partial charge in [-0.05, 0) is 0 Å². The lowest BCUT2D eigenvalue weighted by atomic mass is 10.3. The zero-order chi connectivity index (χ0) is 10.9. The molecule has 9 heteroatoms. The number of nitrogens with zero attached hydrogens (tertiary/aromatic N) is 1. The Balaban J connectivity index is 0.00000196. The van der Waals surface area contributed by atoms with Gasteiger partial charge in [0.2, 0.25) is 0 Å². The van der Waals surface area contributed by atoms with Gasteiger partial charge in [0, 0.05) is 6.54 Å². The third-order valence-corrected chi connectivity index (χ3v) is 2.37. The van der Waals surface area contributed by atoms with Crippen LogP contribution in [0.25, 0.3) is 0 Å². The number of hydrogen-bond donors (Lipinski definition) is 2. The summed E-state index contributed by atoms with van der Waals surface area (Å²) in [5.74, 6) is -1.64. The first-order valence-electron chi connectivity index (χ1n) is 3.36. The highest BCUT2D eigenvalue weighted by Crippen LogP contribution is 2.34. The van der Waals surface area contributed by atoms with Gasteiger partial charge in [0.1, 0.15) is 9.88 Å². The molecule has 1 aromatic rings. The van der Waals surface area contributed by atoms with E-state index in [0.29, 0.717) is 11.3 Å². The zero-order valence-electron chi connectivity index (χ0n) is 7.04. The van der Waals surface area contributed by atoms with Gasteiger partial charge >= 0.3 is 12.1 Å².